The number of nitrogens with one attached hydrogen (secondary N) is 2. The van der Waals surface area contributed by atoms with Crippen LogP contribution < -0.4 is 15.4 Å². The minimum absolute atomic E-state index is 0.565. The van der Waals surface area contributed by atoms with E-state index in [1.54, 1.807) is 7.05 Å². The van der Waals surface area contributed by atoms with Crippen molar-refractivity contribution in [3.63, 3.8) is 0 Å². The van der Waals surface area contributed by atoms with Gasteiger partial charge in [-0.05, 0) is 24.3 Å². The van der Waals surface area contributed by atoms with Crippen molar-refractivity contribution in [2.75, 3.05) is 20.2 Å². The molecule has 5 nitrogen and oxygen atoms in total. The van der Waals surface area contributed by atoms with E-state index in [9.17, 15) is 0 Å². The van der Waals surface area contributed by atoms with Crippen molar-refractivity contribution in [1.82, 2.24) is 10.6 Å². The van der Waals surface area contributed by atoms with Gasteiger partial charge in [-0.1, -0.05) is 36.4 Å². The summed E-state index contributed by atoms with van der Waals surface area (Å²) in [6, 6.07) is 19.8. The van der Waals surface area contributed by atoms with Gasteiger partial charge in [0, 0.05) is 12.4 Å². The van der Waals surface area contributed by atoms with Crippen LogP contribution in [0.3, 0.4) is 0 Å². The van der Waals surface area contributed by atoms with Crippen LogP contribution in [-0.4, -0.2) is 26.2 Å². The van der Waals surface area contributed by atoms with E-state index in [-0.39, 0.29) is 0 Å². The minimum atomic E-state index is 0.565. The predicted octanol–water partition coefficient (Wildman–Crippen LogP) is 3.18. The zero-order chi connectivity index (χ0) is 16.6. The van der Waals surface area contributed by atoms with E-state index < -0.39 is 0 Å². The van der Waals surface area contributed by atoms with Gasteiger partial charge in [-0.15, -0.1) is 0 Å². The molecule has 0 aliphatic carbocycles. The molecule has 0 bridgehead atoms. The Morgan fingerprint density at radius 3 is 2.62 bits per heavy atom. The predicted molar refractivity (Wildman–Crippen MR) is 96.4 cm³/mol. The highest BCUT2D eigenvalue weighted by Crippen LogP contribution is 2.18. The molecule has 0 spiro atoms. The van der Waals surface area contributed by atoms with Gasteiger partial charge in [0.05, 0.1) is 13.1 Å². The highest BCUT2D eigenvalue weighted by atomic mass is 16.5. The number of hydrogen-bond donors (Lipinski definition) is 2. The fraction of sp³-hybridized carbons (Fsp3) is 0.211. The Kier molecular flexibility index (Phi) is 5.35. The van der Waals surface area contributed by atoms with E-state index in [0.717, 1.165) is 22.5 Å². The summed E-state index contributed by atoms with van der Waals surface area (Å²) in [5.74, 6) is 2.45. The number of benzene rings is 2. The van der Waals surface area contributed by atoms with Gasteiger partial charge in [-0.3, -0.25) is 4.99 Å². The number of fused-ring (bicyclic) bond motifs is 1. The van der Waals surface area contributed by atoms with Crippen LogP contribution in [0.4, 0.5) is 0 Å². The van der Waals surface area contributed by atoms with Crippen LogP contribution in [0.15, 0.2) is 70.1 Å². The molecule has 0 aliphatic rings. The first-order valence-corrected chi connectivity index (χ1v) is 7.95. The molecule has 0 unspecified atom stereocenters. The lowest BCUT2D eigenvalue weighted by atomic mass is 10.2. The average molecular weight is 323 g/mol. The average Bonchev–Trinajstić information content (AvgIpc) is 3.05. The molecular formula is C19H21N3O2. The maximum Gasteiger partial charge on any atom is 0.191 e. The maximum absolute atomic E-state index is 5.78. The van der Waals surface area contributed by atoms with E-state index in [1.165, 1.54) is 0 Å². The topological polar surface area (TPSA) is 58.8 Å². The molecule has 2 aromatic carbocycles. The molecule has 1 heterocycles. The maximum atomic E-state index is 5.78. The molecule has 0 saturated heterocycles. The number of rotatable bonds is 6. The number of para-hydroxylation sites is 2. The normalized spacial score (nSPS) is 11.5. The second-order valence-corrected chi connectivity index (χ2v) is 5.26. The van der Waals surface area contributed by atoms with Crippen molar-refractivity contribution in [2.45, 2.75) is 6.54 Å². The van der Waals surface area contributed by atoms with Gasteiger partial charge in [-0.2, -0.15) is 0 Å². The van der Waals surface area contributed by atoms with Crippen molar-refractivity contribution in [1.29, 1.82) is 0 Å². The minimum Gasteiger partial charge on any atom is -0.492 e. The van der Waals surface area contributed by atoms with E-state index in [4.69, 9.17) is 9.15 Å². The molecule has 24 heavy (non-hydrogen) atoms. The van der Waals surface area contributed by atoms with Crippen molar-refractivity contribution in [3.8, 4) is 5.75 Å². The summed E-state index contributed by atoms with van der Waals surface area (Å²) in [6.45, 7) is 1.80. The van der Waals surface area contributed by atoms with E-state index >= 15 is 0 Å². The van der Waals surface area contributed by atoms with Crippen LogP contribution in [-0.2, 0) is 6.54 Å². The fourth-order valence-electron chi connectivity index (χ4n) is 2.37. The second-order valence-electron chi connectivity index (χ2n) is 5.26. The van der Waals surface area contributed by atoms with Gasteiger partial charge < -0.3 is 19.8 Å². The summed E-state index contributed by atoms with van der Waals surface area (Å²) in [5.41, 5.74) is 0.897. The Morgan fingerprint density at radius 2 is 1.83 bits per heavy atom. The lowest BCUT2D eigenvalue weighted by molar-refractivity contribution is 0.322. The molecule has 5 heteroatoms. The Hall–Kier alpha value is -2.95. The zero-order valence-corrected chi connectivity index (χ0v) is 13.7. The summed E-state index contributed by atoms with van der Waals surface area (Å²) in [7, 11) is 1.74. The molecule has 3 aromatic rings. The standard InChI is InChI=1S/C19H21N3O2/c1-20-19(21-11-12-23-16-8-3-2-4-9-16)22-14-17-13-15-7-5-6-10-18(15)24-17/h2-10,13H,11-12,14H2,1H3,(H2,20,21,22). The lowest BCUT2D eigenvalue weighted by Gasteiger charge is -2.11. The second kappa shape index (κ2) is 8.06. The number of aliphatic imine (C=N–C) groups is 1. The van der Waals surface area contributed by atoms with Crippen molar-refractivity contribution in [2.24, 2.45) is 4.99 Å². The van der Waals surface area contributed by atoms with Crippen molar-refractivity contribution >= 4 is 16.9 Å². The van der Waals surface area contributed by atoms with Crippen LogP contribution in [0.25, 0.3) is 11.0 Å². The molecule has 124 valence electrons. The summed E-state index contributed by atoms with van der Waals surface area (Å²) < 4.78 is 11.4. The molecular weight excluding hydrogens is 302 g/mol. The highest BCUT2D eigenvalue weighted by Gasteiger charge is 2.04. The first-order valence-electron chi connectivity index (χ1n) is 7.95. The molecule has 0 aliphatic heterocycles. The first kappa shape index (κ1) is 15.9. The smallest absolute Gasteiger partial charge is 0.191 e. The molecule has 2 N–H and O–H groups in total. The van der Waals surface area contributed by atoms with Crippen LogP contribution in [0.2, 0.25) is 0 Å². The zero-order valence-electron chi connectivity index (χ0n) is 13.7. The van der Waals surface area contributed by atoms with Crippen LogP contribution in [0, 0.1) is 0 Å². The van der Waals surface area contributed by atoms with Gasteiger partial charge in [0.2, 0.25) is 0 Å². The molecule has 0 amide bonds. The number of hydrogen-bond acceptors (Lipinski definition) is 3. The molecule has 0 fully saturated rings. The van der Waals surface area contributed by atoms with Gasteiger partial charge >= 0.3 is 0 Å². The van der Waals surface area contributed by atoms with Crippen LogP contribution in [0.1, 0.15) is 5.76 Å². The highest BCUT2D eigenvalue weighted by molar-refractivity contribution is 5.80. The quantitative estimate of drug-likeness (QED) is 0.415. The van der Waals surface area contributed by atoms with Gasteiger partial charge in [0.15, 0.2) is 5.96 Å². The van der Waals surface area contributed by atoms with E-state index in [1.807, 2.05) is 60.7 Å². The van der Waals surface area contributed by atoms with Crippen LogP contribution >= 0.6 is 0 Å². The number of nitrogens with zero attached hydrogens (tertiary/aromatic N) is 1. The van der Waals surface area contributed by atoms with E-state index in [2.05, 4.69) is 15.6 Å². The first-order chi connectivity index (χ1) is 11.8. The van der Waals surface area contributed by atoms with Crippen molar-refractivity contribution in [3.05, 3.63) is 66.4 Å². The third kappa shape index (κ3) is 4.29. The molecule has 0 saturated carbocycles. The van der Waals surface area contributed by atoms with Gasteiger partial charge in [-0.25, -0.2) is 0 Å². The number of ether oxygens (including phenoxy) is 1. The number of furan rings is 1. The Balaban J connectivity index is 1.43. The van der Waals surface area contributed by atoms with Gasteiger partial charge in [0.1, 0.15) is 23.7 Å². The summed E-state index contributed by atoms with van der Waals surface area (Å²) in [6.07, 6.45) is 0. The summed E-state index contributed by atoms with van der Waals surface area (Å²) in [4.78, 5) is 4.20. The summed E-state index contributed by atoms with van der Waals surface area (Å²) in [5, 5.41) is 7.56. The molecule has 1 aromatic heterocycles. The molecule has 3 rings (SSSR count). The fourth-order valence-corrected chi connectivity index (χ4v) is 2.37. The largest absolute Gasteiger partial charge is 0.492 e. The van der Waals surface area contributed by atoms with E-state index in [0.29, 0.717) is 25.7 Å². The third-order valence-corrected chi connectivity index (χ3v) is 3.54. The van der Waals surface area contributed by atoms with Gasteiger partial charge in [0.25, 0.3) is 0 Å². The monoisotopic (exact) mass is 323 g/mol. The Morgan fingerprint density at radius 1 is 1.04 bits per heavy atom. The van der Waals surface area contributed by atoms with Crippen LogP contribution in [0.5, 0.6) is 5.75 Å². The lowest BCUT2D eigenvalue weighted by Crippen LogP contribution is -2.38. The summed E-state index contributed by atoms with van der Waals surface area (Å²) >= 11 is 0. The molecule has 0 atom stereocenters. The molecule has 0 radical (unpaired) electrons. The Labute approximate surface area is 141 Å². The third-order valence-electron chi connectivity index (χ3n) is 3.54. The Bertz CT molecular complexity index is 763. The number of guanidine groups is 1. The van der Waals surface area contributed by atoms with Crippen molar-refractivity contribution < 1.29 is 9.15 Å². The SMILES string of the molecule is CN=C(NCCOc1ccccc1)NCc1cc2ccccc2o1.